The monoisotopic (exact) mass is 448 g/mol. The minimum Gasteiger partial charge on any atom is -0.415 e. The average Bonchev–Trinajstić information content (AvgIpc) is 3.41. The van der Waals surface area contributed by atoms with Crippen molar-refractivity contribution in [2.75, 3.05) is 7.05 Å². The van der Waals surface area contributed by atoms with E-state index in [2.05, 4.69) is 25.8 Å². The molecule has 0 fully saturated rings. The highest BCUT2D eigenvalue weighted by Crippen LogP contribution is 2.26. The zero-order chi connectivity index (χ0) is 22.0. The van der Waals surface area contributed by atoms with E-state index in [1.165, 1.54) is 16.8 Å². The van der Waals surface area contributed by atoms with Gasteiger partial charge >= 0.3 is 6.43 Å². The van der Waals surface area contributed by atoms with Crippen LogP contribution in [-0.2, 0) is 13.1 Å². The van der Waals surface area contributed by atoms with Crippen molar-refractivity contribution in [2.45, 2.75) is 19.5 Å². The Morgan fingerprint density at radius 2 is 1.84 bits per heavy atom. The lowest BCUT2D eigenvalue weighted by Crippen LogP contribution is -2.05. The molecule has 0 amide bonds. The third kappa shape index (κ3) is 4.59. The predicted molar refractivity (Wildman–Crippen MR) is 107 cm³/mol. The van der Waals surface area contributed by atoms with Crippen molar-refractivity contribution in [1.82, 2.24) is 30.5 Å². The van der Waals surface area contributed by atoms with E-state index in [1.54, 1.807) is 12.3 Å². The second-order valence-corrected chi connectivity index (χ2v) is 7.10. The van der Waals surface area contributed by atoms with Crippen LogP contribution in [0.1, 0.15) is 23.4 Å². The first-order chi connectivity index (χ1) is 14.9. The Labute approximate surface area is 179 Å². The molecule has 0 aliphatic heterocycles. The highest BCUT2D eigenvalue weighted by atomic mass is 35.5. The molecule has 7 nitrogen and oxygen atoms in total. The molecule has 0 bridgehead atoms. The average molecular weight is 449 g/mol. The van der Waals surface area contributed by atoms with Crippen LogP contribution in [0.2, 0.25) is 5.02 Å². The highest BCUT2D eigenvalue weighted by molar-refractivity contribution is 6.31. The minimum atomic E-state index is -2.89. The molecule has 0 radical (unpaired) electrons. The van der Waals surface area contributed by atoms with E-state index in [1.807, 2.05) is 19.2 Å². The minimum absolute atomic E-state index is 0.122. The smallest absolute Gasteiger partial charge is 0.314 e. The summed E-state index contributed by atoms with van der Waals surface area (Å²) < 4.78 is 46.1. The van der Waals surface area contributed by atoms with Crippen molar-refractivity contribution in [3.63, 3.8) is 0 Å². The van der Waals surface area contributed by atoms with Gasteiger partial charge in [-0.05, 0) is 30.8 Å². The number of hydrogen-bond donors (Lipinski definition) is 1. The van der Waals surface area contributed by atoms with E-state index in [4.69, 9.17) is 16.0 Å². The van der Waals surface area contributed by atoms with Crippen LogP contribution in [0.15, 0.2) is 47.0 Å². The Hall–Kier alpha value is -3.24. The molecule has 2 aromatic heterocycles. The maximum absolute atomic E-state index is 14.6. The Kier molecular flexibility index (Phi) is 6.01. The lowest BCUT2D eigenvalue weighted by Gasteiger charge is -2.05. The first kappa shape index (κ1) is 21.0. The molecule has 0 spiro atoms. The molecule has 0 atom stereocenters. The van der Waals surface area contributed by atoms with Crippen LogP contribution < -0.4 is 5.32 Å². The summed E-state index contributed by atoms with van der Waals surface area (Å²) in [7, 11) is 1.84. The van der Waals surface area contributed by atoms with Crippen LogP contribution in [-0.4, -0.2) is 32.2 Å². The zero-order valence-corrected chi connectivity index (χ0v) is 16.9. The standard InChI is InChI=1S/C20H16ClF3N6O/c1-25-8-13-4-2-11(6-15(13)21)17-10-30(29-26-17)9-14-5-3-12(7-16(14)22)19-27-28-20(31-19)18(23)24/h2-7,10,18,25H,8-9H2,1H3. The molecular weight excluding hydrogens is 433 g/mol. The molecule has 4 rings (SSSR count). The number of hydrogen-bond acceptors (Lipinski definition) is 6. The molecule has 0 saturated heterocycles. The van der Waals surface area contributed by atoms with Crippen molar-refractivity contribution in [3.8, 4) is 22.7 Å². The molecule has 0 aliphatic carbocycles. The molecule has 160 valence electrons. The molecule has 0 aliphatic rings. The fourth-order valence-electron chi connectivity index (χ4n) is 2.97. The Morgan fingerprint density at radius 1 is 1.06 bits per heavy atom. The van der Waals surface area contributed by atoms with Crippen LogP contribution in [0.25, 0.3) is 22.7 Å². The van der Waals surface area contributed by atoms with Crippen LogP contribution >= 0.6 is 11.6 Å². The van der Waals surface area contributed by atoms with Gasteiger partial charge in [0, 0.05) is 28.3 Å². The van der Waals surface area contributed by atoms with Gasteiger partial charge < -0.3 is 9.73 Å². The molecule has 0 saturated carbocycles. The van der Waals surface area contributed by atoms with Gasteiger partial charge in [-0.25, -0.2) is 9.07 Å². The number of alkyl halides is 2. The van der Waals surface area contributed by atoms with Crippen LogP contribution in [0.5, 0.6) is 0 Å². The van der Waals surface area contributed by atoms with Gasteiger partial charge in [0.05, 0.1) is 12.7 Å². The summed E-state index contributed by atoms with van der Waals surface area (Å²) >= 11 is 6.30. The third-order valence-electron chi connectivity index (χ3n) is 4.51. The molecule has 2 heterocycles. The van der Waals surface area contributed by atoms with Gasteiger partial charge in [0.25, 0.3) is 5.89 Å². The Bertz CT molecular complexity index is 1210. The maximum atomic E-state index is 14.6. The number of halogens is 4. The van der Waals surface area contributed by atoms with Crippen molar-refractivity contribution in [2.24, 2.45) is 0 Å². The molecule has 31 heavy (non-hydrogen) atoms. The van der Waals surface area contributed by atoms with Crippen LogP contribution in [0, 0.1) is 5.82 Å². The fraction of sp³-hybridized carbons (Fsp3) is 0.200. The summed E-state index contributed by atoms with van der Waals surface area (Å²) in [5.41, 5.74) is 2.88. The quantitative estimate of drug-likeness (QED) is 0.448. The summed E-state index contributed by atoms with van der Waals surface area (Å²) in [6.07, 6.45) is -1.20. The van der Waals surface area contributed by atoms with Gasteiger partial charge in [-0.2, -0.15) is 8.78 Å². The van der Waals surface area contributed by atoms with Crippen molar-refractivity contribution in [1.29, 1.82) is 0 Å². The summed E-state index contributed by atoms with van der Waals surface area (Å²) in [6, 6.07) is 9.76. The Balaban J connectivity index is 1.51. The van der Waals surface area contributed by atoms with Gasteiger partial charge in [0.15, 0.2) is 0 Å². The summed E-state index contributed by atoms with van der Waals surface area (Å²) in [5, 5.41) is 18.6. The molecule has 0 unspecified atom stereocenters. The lowest BCUT2D eigenvalue weighted by molar-refractivity contribution is 0.116. The van der Waals surface area contributed by atoms with Gasteiger partial charge in [0.2, 0.25) is 5.89 Å². The predicted octanol–water partition coefficient (Wildman–Crippen LogP) is 4.49. The number of benzene rings is 2. The molecule has 4 aromatic rings. The second-order valence-electron chi connectivity index (χ2n) is 6.69. The summed E-state index contributed by atoms with van der Waals surface area (Å²) in [5.74, 6) is -1.55. The van der Waals surface area contributed by atoms with E-state index in [0.717, 1.165) is 17.2 Å². The maximum Gasteiger partial charge on any atom is 0.314 e. The SMILES string of the molecule is CNCc1ccc(-c2cn(Cc3ccc(-c4nnc(C(F)F)o4)cc3F)nn2)cc1Cl. The molecule has 11 heteroatoms. The fourth-order valence-corrected chi connectivity index (χ4v) is 3.22. The van der Waals surface area contributed by atoms with E-state index in [0.29, 0.717) is 22.8 Å². The van der Waals surface area contributed by atoms with E-state index >= 15 is 0 Å². The van der Waals surface area contributed by atoms with Gasteiger partial charge in [-0.1, -0.05) is 35.0 Å². The lowest BCUT2D eigenvalue weighted by atomic mass is 10.1. The van der Waals surface area contributed by atoms with Crippen molar-refractivity contribution >= 4 is 11.6 Å². The normalized spacial score (nSPS) is 11.4. The number of aromatic nitrogens is 5. The Morgan fingerprint density at radius 3 is 2.52 bits per heavy atom. The van der Waals surface area contributed by atoms with Gasteiger partial charge in [0.1, 0.15) is 11.5 Å². The van der Waals surface area contributed by atoms with Crippen LogP contribution in [0.4, 0.5) is 13.2 Å². The van der Waals surface area contributed by atoms with Gasteiger partial charge in [-0.15, -0.1) is 15.3 Å². The molecule has 1 N–H and O–H groups in total. The van der Waals surface area contributed by atoms with E-state index < -0.39 is 18.1 Å². The first-order valence-corrected chi connectivity index (χ1v) is 9.56. The summed E-state index contributed by atoms with van der Waals surface area (Å²) in [6.45, 7) is 0.769. The zero-order valence-electron chi connectivity index (χ0n) is 16.2. The third-order valence-corrected chi connectivity index (χ3v) is 4.87. The number of nitrogens with one attached hydrogen (secondary N) is 1. The van der Waals surface area contributed by atoms with E-state index in [9.17, 15) is 13.2 Å². The number of rotatable bonds is 7. The van der Waals surface area contributed by atoms with E-state index in [-0.39, 0.29) is 18.0 Å². The summed E-state index contributed by atoms with van der Waals surface area (Å²) in [4.78, 5) is 0. The van der Waals surface area contributed by atoms with Gasteiger partial charge in [-0.3, -0.25) is 0 Å². The van der Waals surface area contributed by atoms with Crippen molar-refractivity contribution in [3.05, 3.63) is 70.5 Å². The topological polar surface area (TPSA) is 81.7 Å². The molecular formula is C20H16ClF3N6O. The second kappa shape index (κ2) is 8.86. The highest BCUT2D eigenvalue weighted by Gasteiger charge is 2.18. The largest absolute Gasteiger partial charge is 0.415 e. The molecule has 2 aromatic carbocycles. The first-order valence-electron chi connectivity index (χ1n) is 9.18. The number of nitrogens with zero attached hydrogens (tertiary/aromatic N) is 5. The van der Waals surface area contributed by atoms with Crippen molar-refractivity contribution < 1.29 is 17.6 Å². The van der Waals surface area contributed by atoms with Crippen LogP contribution in [0.3, 0.4) is 0 Å².